The van der Waals surface area contributed by atoms with Gasteiger partial charge in [0.25, 0.3) is 0 Å². The standard InChI is InChI=1S/C14H19FN2OS/c15-11-3-1-4-12(13(11)14(16)19)17-7-2-8-18-9-10-5-6-10/h1,3-4,10,17H,2,5-9H2,(H2,16,19). The maximum Gasteiger partial charge on any atom is 0.135 e. The molecule has 0 saturated heterocycles. The number of rotatable bonds is 8. The lowest BCUT2D eigenvalue weighted by molar-refractivity contribution is 0.124. The first kappa shape index (κ1) is 14.2. The third-order valence-corrected chi connectivity index (χ3v) is 3.30. The second kappa shape index (κ2) is 6.82. The predicted octanol–water partition coefficient (Wildman–Crippen LogP) is 2.69. The van der Waals surface area contributed by atoms with Crippen LogP contribution in [0.15, 0.2) is 18.2 Å². The Bertz CT molecular complexity index is 449. The number of hydrogen-bond donors (Lipinski definition) is 2. The van der Waals surface area contributed by atoms with Crippen LogP contribution in [0.5, 0.6) is 0 Å². The van der Waals surface area contributed by atoms with Gasteiger partial charge in [0.05, 0.1) is 5.56 Å². The smallest absolute Gasteiger partial charge is 0.135 e. The topological polar surface area (TPSA) is 47.3 Å². The Hall–Kier alpha value is -1.20. The van der Waals surface area contributed by atoms with E-state index in [-0.39, 0.29) is 16.4 Å². The van der Waals surface area contributed by atoms with Crippen molar-refractivity contribution in [3.05, 3.63) is 29.6 Å². The minimum Gasteiger partial charge on any atom is -0.389 e. The zero-order chi connectivity index (χ0) is 13.7. The fraction of sp³-hybridized carbons (Fsp3) is 0.500. The molecule has 1 fully saturated rings. The minimum absolute atomic E-state index is 0.0746. The van der Waals surface area contributed by atoms with Crippen LogP contribution in [0.25, 0.3) is 0 Å². The fourth-order valence-electron chi connectivity index (χ4n) is 1.85. The van der Waals surface area contributed by atoms with E-state index >= 15 is 0 Å². The van der Waals surface area contributed by atoms with Crippen molar-refractivity contribution in [1.29, 1.82) is 0 Å². The Labute approximate surface area is 118 Å². The van der Waals surface area contributed by atoms with Gasteiger partial charge in [-0.25, -0.2) is 4.39 Å². The third-order valence-electron chi connectivity index (χ3n) is 3.09. The van der Waals surface area contributed by atoms with Crippen LogP contribution < -0.4 is 11.1 Å². The van der Waals surface area contributed by atoms with Crippen LogP contribution in [-0.4, -0.2) is 24.7 Å². The highest BCUT2D eigenvalue weighted by Gasteiger charge is 2.20. The molecular weight excluding hydrogens is 263 g/mol. The maximum absolute atomic E-state index is 13.6. The SMILES string of the molecule is NC(=S)c1c(F)cccc1NCCCOCC1CC1. The summed E-state index contributed by atoms with van der Waals surface area (Å²) in [5, 5.41) is 3.15. The van der Waals surface area contributed by atoms with Crippen molar-refractivity contribution in [3.63, 3.8) is 0 Å². The third kappa shape index (κ3) is 4.44. The Morgan fingerprint density at radius 1 is 1.47 bits per heavy atom. The lowest BCUT2D eigenvalue weighted by atomic mass is 10.1. The first-order valence-corrected chi connectivity index (χ1v) is 6.99. The molecule has 2 rings (SSSR count). The van der Waals surface area contributed by atoms with Crippen LogP contribution in [-0.2, 0) is 4.74 Å². The molecule has 1 aliphatic rings. The van der Waals surface area contributed by atoms with Gasteiger partial charge in [-0.15, -0.1) is 0 Å². The van der Waals surface area contributed by atoms with E-state index in [9.17, 15) is 4.39 Å². The van der Waals surface area contributed by atoms with Crippen LogP contribution >= 0.6 is 12.2 Å². The number of ether oxygens (including phenoxy) is 1. The number of thiocarbonyl (C=S) groups is 1. The van der Waals surface area contributed by atoms with Gasteiger partial charge < -0.3 is 15.8 Å². The summed E-state index contributed by atoms with van der Waals surface area (Å²) < 4.78 is 19.1. The number of hydrogen-bond acceptors (Lipinski definition) is 3. The molecule has 3 nitrogen and oxygen atoms in total. The summed E-state index contributed by atoms with van der Waals surface area (Å²) in [5.41, 5.74) is 6.47. The van der Waals surface area contributed by atoms with Crippen molar-refractivity contribution in [3.8, 4) is 0 Å². The summed E-state index contributed by atoms with van der Waals surface area (Å²) in [6, 6.07) is 4.78. The molecule has 1 saturated carbocycles. The molecule has 19 heavy (non-hydrogen) atoms. The molecule has 0 unspecified atom stereocenters. The van der Waals surface area contributed by atoms with Crippen molar-refractivity contribution in [2.24, 2.45) is 11.7 Å². The molecule has 0 bridgehead atoms. The summed E-state index contributed by atoms with van der Waals surface area (Å²) in [6.45, 7) is 2.31. The van der Waals surface area contributed by atoms with Crippen LogP contribution in [0.3, 0.4) is 0 Å². The number of anilines is 1. The molecule has 3 N–H and O–H groups in total. The Morgan fingerprint density at radius 3 is 2.95 bits per heavy atom. The molecule has 1 aromatic rings. The normalized spacial score (nSPS) is 14.4. The molecule has 0 heterocycles. The average Bonchev–Trinajstić information content (AvgIpc) is 3.17. The molecular formula is C14H19FN2OS. The molecule has 0 aromatic heterocycles. The minimum atomic E-state index is -0.387. The van der Waals surface area contributed by atoms with E-state index in [4.69, 9.17) is 22.7 Å². The van der Waals surface area contributed by atoms with E-state index in [0.717, 1.165) is 25.6 Å². The molecule has 1 aliphatic carbocycles. The summed E-state index contributed by atoms with van der Waals surface area (Å²) >= 11 is 4.87. The molecule has 5 heteroatoms. The van der Waals surface area contributed by atoms with Crippen LogP contribution in [0, 0.1) is 11.7 Å². The van der Waals surface area contributed by atoms with Gasteiger partial charge >= 0.3 is 0 Å². The van der Waals surface area contributed by atoms with Gasteiger partial charge in [0.1, 0.15) is 10.8 Å². The van der Waals surface area contributed by atoms with Gasteiger partial charge in [-0.2, -0.15) is 0 Å². The first-order chi connectivity index (χ1) is 9.18. The second-order valence-corrected chi connectivity index (χ2v) is 5.27. The lowest BCUT2D eigenvalue weighted by Crippen LogP contribution is -2.16. The van der Waals surface area contributed by atoms with Gasteiger partial charge in [-0.05, 0) is 37.3 Å². The van der Waals surface area contributed by atoms with E-state index in [0.29, 0.717) is 12.2 Å². The van der Waals surface area contributed by atoms with E-state index in [1.165, 1.54) is 18.9 Å². The number of nitrogens with two attached hydrogens (primary N) is 1. The molecule has 0 amide bonds. The van der Waals surface area contributed by atoms with Gasteiger partial charge in [0.15, 0.2) is 0 Å². The Kier molecular flexibility index (Phi) is 5.10. The van der Waals surface area contributed by atoms with E-state index in [1.54, 1.807) is 12.1 Å². The van der Waals surface area contributed by atoms with Gasteiger partial charge in [-0.1, -0.05) is 18.3 Å². The zero-order valence-electron chi connectivity index (χ0n) is 10.8. The number of nitrogens with one attached hydrogen (secondary N) is 1. The Morgan fingerprint density at radius 2 is 2.26 bits per heavy atom. The van der Waals surface area contributed by atoms with Crippen molar-refractivity contribution >= 4 is 22.9 Å². The van der Waals surface area contributed by atoms with Crippen molar-refractivity contribution in [2.75, 3.05) is 25.1 Å². The van der Waals surface area contributed by atoms with Crippen molar-refractivity contribution in [1.82, 2.24) is 0 Å². The molecule has 0 aliphatic heterocycles. The molecule has 104 valence electrons. The summed E-state index contributed by atoms with van der Waals surface area (Å²) in [7, 11) is 0. The average molecular weight is 282 g/mol. The molecule has 0 atom stereocenters. The van der Waals surface area contributed by atoms with E-state index in [2.05, 4.69) is 5.32 Å². The molecule has 0 radical (unpaired) electrons. The fourth-order valence-corrected chi connectivity index (χ4v) is 2.06. The quantitative estimate of drug-likeness (QED) is 0.568. The highest BCUT2D eigenvalue weighted by atomic mass is 32.1. The number of benzene rings is 1. The highest BCUT2D eigenvalue weighted by molar-refractivity contribution is 7.80. The largest absolute Gasteiger partial charge is 0.389 e. The summed E-state index contributed by atoms with van der Waals surface area (Å²) in [6.07, 6.45) is 3.48. The number of halogens is 1. The Balaban J connectivity index is 1.75. The van der Waals surface area contributed by atoms with Gasteiger partial charge in [-0.3, -0.25) is 0 Å². The lowest BCUT2D eigenvalue weighted by Gasteiger charge is -2.12. The predicted molar refractivity (Wildman–Crippen MR) is 78.9 cm³/mol. The van der Waals surface area contributed by atoms with Crippen LogP contribution in [0.1, 0.15) is 24.8 Å². The van der Waals surface area contributed by atoms with E-state index < -0.39 is 0 Å². The van der Waals surface area contributed by atoms with Gasteiger partial charge in [0.2, 0.25) is 0 Å². The van der Waals surface area contributed by atoms with Crippen molar-refractivity contribution < 1.29 is 9.13 Å². The maximum atomic E-state index is 13.6. The first-order valence-electron chi connectivity index (χ1n) is 6.58. The molecule has 0 spiro atoms. The summed E-state index contributed by atoms with van der Waals surface area (Å²) in [5.74, 6) is 0.403. The monoisotopic (exact) mass is 282 g/mol. The zero-order valence-corrected chi connectivity index (χ0v) is 11.6. The van der Waals surface area contributed by atoms with Gasteiger partial charge in [0, 0.05) is 25.4 Å². The van der Waals surface area contributed by atoms with E-state index in [1.807, 2.05) is 0 Å². The highest BCUT2D eigenvalue weighted by Crippen LogP contribution is 2.28. The summed E-state index contributed by atoms with van der Waals surface area (Å²) in [4.78, 5) is 0.0746. The van der Waals surface area contributed by atoms with Crippen molar-refractivity contribution in [2.45, 2.75) is 19.3 Å². The second-order valence-electron chi connectivity index (χ2n) is 4.83. The molecule has 1 aromatic carbocycles. The van der Waals surface area contributed by atoms with Crippen LogP contribution in [0.4, 0.5) is 10.1 Å². The van der Waals surface area contributed by atoms with Crippen LogP contribution in [0.2, 0.25) is 0 Å².